The number of β-amino-alcohol motifs (C(OH)–C–C–N with tert-alkyl or cyclic N) is 1. The Morgan fingerprint density at radius 1 is 1.03 bits per heavy atom. The van der Waals surface area contributed by atoms with Crippen LogP contribution in [0.4, 0.5) is 0 Å². The first-order valence-electron chi connectivity index (χ1n) is 12.4. The van der Waals surface area contributed by atoms with Crippen molar-refractivity contribution in [3.8, 4) is 17.2 Å². The van der Waals surface area contributed by atoms with E-state index in [0.29, 0.717) is 38.2 Å². The molecule has 0 bridgehead atoms. The molecule has 3 aromatic carbocycles. The minimum absolute atomic E-state index is 0.204. The highest BCUT2D eigenvalue weighted by Crippen LogP contribution is 2.42. The monoisotopic (exact) mass is 477 g/mol. The maximum atomic E-state index is 11.4. The molecule has 0 saturated carbocycles. The second-order valence-corrected chi connectivity index (χ2v) is 10.5. The van der Waals surface area contributed by atoms with Gasteiger partial charge in [-0.15, -0.1) is 0 Å². The highest BCUT2D eigenvalue weighted by molar-refractivity contribution is 5.84. The minimum Gasteiger partial charge on any atom is -0.497 e. The molecule has 1 atom stereocenters. The molecule has 2 N–H and O–H groups in total. The number of hydrogen-bond donors (Lipinski definition) is 2. The van der Waals surface area contributed by atoms with Gasteiger partial charge in [-0.3, -0.25) is 0 Å². The lowest BCUT2D eigenvalue weighted by Crippen LogP contribution is -2.46. The summed E-state index contributed by atoms with van der Waals surface area (Å²) in [5, 5.41) is 24.2. The van der Waals surface area contributed by atoms with Crippen LogP contribution >= 0.6 is 0 Å². The van der Waals surface area contributed by atoms with E-state index in [1.807, 2.05) is 42.5 Å². The van der Waals surface area contributed by atoms with Crippen molar-refractivity contribution in [2.24, 2.45) is 0 Å². The van der Waals surface area contributed by atoms with Crippen molar-refractivity contribution in [3.05, 3.63) is 65.7 Å². The van der Waals surface area contributed by atoms with Crippen LogP contribution in [0.2, 0.25) is 0 Å². The highest BCUT2D eigenvalue weighted by atomic mass is 16.5. The number of para-hydroxylation sites is 1. The van der Waals surface area contributed by atoms with Gasteiger partial charge >= 0.3 is 0 Å². The van der Waals surface area contributed by atoms with Crippen molar-refractivity contribution in [2.45, 2.75) is 50.4 Å². The zero-order chi connectivity index (χ0) is 24.6. The Kier molecular flexibility index (Phi) is 6.38. The van der Waals surface area contributed by atoms with E-state index in [1.165, 1.54) is 0 Å². The van der Waals surface area contributed by atoms with E-state index in [2.05, 4.69) is 30.9 Å². The molecular formula is C29H35NO5. The number of fused-ring (bicyclic) bond motifs is 2. The van der Waals surface area contributed by atoms with Crippen LogP contribution in [0.3, 0.4) is 0 Å². The lowest BCUT2D eigenvalue weighted by Gasteiger charge is -2.39. The van der Waals surface area contributed by atoms with Crippen LogP contribution in [0.1, 0.15) is 37.8 Å². The van der Waals surface area contributed by atoms with Gasteiger partial charge in [-0.2, -0.15) is 0 Å². The quantitative estimate of drug-likeness (QED) is 0.529. The summed E-state index contributed by atoms with van der Waals surface area (Å²) in [6, 6.07) is 18.0. The van der Waals surface area contributed by atoms with Gasteiger partial charge in [0.25, 0.3) is 0 Å². The molecule has 0 radical (unpaired) electrons. The summed E-state index contributed by atoms with van der Waals surface area (Å²) in [6.07, 6.45) is 1.47. The van der Waals surface area contributed by atoms with Crippen molar-refractivity contribution in [3.63, 3.8) is 0 Å². The van der Waals surface area contributed by atoms with Gasteiger partial charge in [0.1, 0.15) is 24.1 Å². The SMILES string of the molecule is COc1ccc2cc(C3(O)CCN(CC(O)COc4cccc5c4OC(C)(C)C5)CC3)ccc2c1. The first-order valence-corrected chi connectivity index (χ1v) is 12.4. The molecular weight excluding hydrogens is 442 g/mol. The van der Waals surface area contributed by atoms with Crippen LogP contribution in [0, 0.1) is 0 Å². The van der Waals surface area contributed by atoms with Crippen molar-refractivity contribution < 1.29 is 24.4 Å². The number of aliphatic hydroxyl groups is 2. The molecule has 0 aliphatic carbocycles. The number of likely N-dealkylation sites (tertiary alicyclic amines) is 1. The first kappa shape index (κ1) is 23.9. The molecule has 1 fully saturated rings. The highest BCUT2D eigenvalue weighted by Gasteiger charge is 2.35. The van der Waals surface area contributed by atoms with Crippen LogP contribution in [0.15, 0.2) is 54.6 Å². The molecule has 2 heterocycles. The molecule has 1 unspecified atom stereocenters. The van der Waals surface area contributed by atoms with Gasteiger partial charge in [0.2, 0.25) is 0 Å². The predicted molar refractivity (Wildman–Crippen MR) is 136 cm³/mol. The average Bonchev–Trinajstić information content (AvgIpc) is 3.18. The van der Waals surface area contributed by atoms with E-state index in [0.717, 1.165) is 39.8 Å². The molecule has 1 saturated heterocycles. The van der Waals surface area contributed by atoms with Gasteiger partial charge in [0.05, 0.1) is 12.7 Å². The van der Waals surface area contributed by atoms with E-state index < -0.39 is 11.7 Å². The molecule has 6 nitrogen and oxygen atoms in total. The Morgan fingerprint density at radius 3 is 2.54 bits per heavy atom. The van der Waals surface area contributed by atoms with Crippen molar-refractivity contribution in [1.29, 1.82) is 0 Å². The van der Waals surface area contributed by atoms with Crippen LogP contribution in [0.25, 0.3) is 10.8 Å². The van der Waals surface area contributed by atoms with E-state index in [1.54, 1.807) is 7.11 Å². The number of ether oxygens (including phenoxy) is 3. The van der Waals surface area contributed by atoms with E-state index in [4.69, 9.17) is 14.2 Å². The maximum Gasteiger partial charge on any atom is 0.165 e. The summed E-state index contributed by atoms with van der Waals surface area (Å²) in [7, 11) is 1.66. The summed E-state index contributed by atoms with van der Waals surface area (Å²) in [6.45, 7) is 6.28. The van der Waals surface area contributed by atoms with Crippen LogP contribution in [0.5, 0.6) is 17.2 Å². The van der Waals surface area contributed by atoms with Gasteiger partial charge in [-0.1, -0.05) is 30.3 Å². The number of hydrogen-bond acceptors (Lipinski definition) is 6. The molecule has 3 aromatic rings. The summed E-state index contributed by atoms with van der Waals surface area (Å²) in [5.41, 5.74) is 0.994. The Morgan fingerprint density at radius 2 is 1.77 bits per heavy atom. The third-order valence-corrected chi connectivity index (χ3v) is 7.22. The number of benzene rings is 3. The fourth-order valence-electron chi connectivity index (χ4n) is 5.27. The number of methoxy groups -OCH3 is 1. The zero-order valence-electron chi connectivity index (χ0n) is 20.8. The normalized spacial score (nSPS) is 19.7. The number of nitrogens with zero attached hydrogens (tertiary/aromatic N) is 1. The Balaban J connectivity index is 1.15. The maximum absolute atomic E-state index is 11.4. The molecule has 2 aliphatic rings. The second kappa shape index (κ2) is 9.34. The van der Waals surface area contributed by atoms with Crippen LogP contribution in [-0.2, 0) is 12.0 Å². The fourth-order valence-corrected chi connectivity index (χ4v) is 5.27. The molecule has 0 spiro atoms. The number of aliphatic hydroxyl groups excluding tert-OH is 1. The van der Waals surface area contributed by atoms with Gasteiger partial charge in [-0.25, -0.2) is 0 Å². The largest absolute Gasteiger partial charge is 0.497 e. The third kappa shape index (κ3) is 5.10. The molecule has 186 valence electrons. The topological polar surface area (TPSA) is 71.4 Å². The summed E-state index contributed by atoms with van der Waals surface area (Å²) in [4.78, 5) is 2.20. The molecule has 2 aliphatic heterocycles. The Bertz CT molecular complexity index is 1200. The smallest absolute Gasteiger partial charge is 0.165 e. The summed E-state index contributed by atoms with van der Waals surface area (Å²) >= 11 is 0. The summed E-state index contributed by atoms with van der Waals surface area (Å²) in [5.74, 6) is 2.31. The van der Waals surface area contributed by atoms with E-state index in [9.17, 15) is 10.2 Å². The zero-order valence-corrected chi connectivity index (χ0v) is 20.8. The van der Waals surface area contributed by atoms with Crippen LogP contribution in [-0.4, -0.2) is 60.2 Å². The van der Waals surface area contributed by atoms with Gasteiger partial charge < -0.3 is 29.3 Å². The Hall–Kier alpha value is -2.80. The molecule has 35 heavy (non-hydrogen) atoms. The van der Waals surface area contributed by atoms with Gasteiger partial charge in [0, 0.05) is 31.6 Å². The summed E-state index contributed by atoms with van der Waals surface area (Å²) < 4.78 is 17.3. The van der Waals surface area contributed by atoms with E-state index >= 15 is 0 Å². The number of piperidine rings is 1. The second-order valence-electron chi connectivity index (χ2n) is 10.5. The fraction of sp³-hybridized carbons (Fsp3) is 0.448. The molecule has 6 heteroatoms. The minimum atomic E-state index is -0.860. The van der Waals surface area contributed by atoms with Gasteiger partial charge in [0.15, 0.2) is 11.5 Å². The average molecular weight is 478 g/mol. The Labute approximate surface area is 207 Å². The number of rotatable bonds is 7. The van der Waals surface area contributed by atoms with Crippen molar-refractivity contribution >= 4 is 10.8 Å². The molecule has 0 aromatic heterocycles. The van der Waals surface area contributed by atoms with Gasteiger partial charge in [-0.05, 0) is 67.3 Å². The predicted octanol–water partition coefficient (Wildman–Crippen LogP) is 4.29. The standard InChI is InChI=1S/C29H35NO5/c1-28(2)17-22-5-4-6-26(27(22)35-28)34-19-24(31)18-30-13-11-29(32,12-14-30)23-9-7-21-16-25(33-3)10-8-20(21)15-23/h4-10,15-16,24,31-32H,11-14,17-19H2,1-3H3. The molecule has 0 amide bonds. The van der Waals surface area contributed by atoms with E-state index in [-0.39, 0.29) is 12.2 Å². The lowest BCUT2D eigenvalue weighted by molar-refractivity contribution is -0.0372. The van der Waals surface area contributed by atoms with Crippen molar-refractivity contribution in [2.75, 3.05) is 33.4 Å². The molecule has 5 rings (SSSR count). The van der Waals surface area contributed by atoms with Crippen LogP contribution < -0.4 is 14.2 Å². The lowest BCUT2D eigenvalue weighted by atomic mass is 9.83. The van der Waals surface area contributed by atoms with Crippen molar-refractivity contribution in [1.82, 2.24) is 4.90 Å². The first-order chi connectivity index (χ1) is 16.7. The third-order valence-electron chi connectivity index (χ3n) is 7.22.